The Balaban J connectivity index is 2.03. The van der Waals surface area contributed by atoms with Crippen LogP contribution < -0.4 is 5.43 Å². The summed E-state index contributed by atoms with van der Waals surface area (Å²) >= 11 is 5.70. The van der Waals surface area contributed by atoms with E-state index in [0.29, 0.717) is 11.1 Å². The molecule has 0 saturated heterocycles. The summed E-state index contributed by atoms with van der Waals surface area (Å²) in [5.74, 6) is -0.712. The van der Waals surface area contributed by atoms with E-state index in [0.717, 1.165) is 0 Å². The lowest BCUT2D eigenvalue weighted by atomic mass is 10.1. The first-order chi connectivity index (χ1) is 11.0. The van der Waals surface area contributed by atoms with Crippen molar-refractivity contribution in [2.45, 2.75) is 6.10 Å². The van der Waals surface area contributed by atoms with Crippen LogP contribution in [0.1, 0.15) is 17.2 Å². The van der Waals surface area contributed by atoms with Crippen molar-refractivity contribution in [2.75, 3.05) is 0 Å². The van der Waals surface area contributed by atoms with E-state index in [2.05, 4.69) is 10.5 Å². The number of aliphatic hydroxyl groups excluding tert-OH is 1. The summed E-state index contributed by atoms with van der Waals surface area (Å²) in [5.41, 5.74) is 2.73. The van der Waals surface area contributed by atoms with Crippen LogP contribution in [0.2, 0.25) is 5.02 Å². The van der Waals surface area contributed by atoms with E-state index in [1.807, 2.05) is 0 Å². The van der Waals surface area contributed by atoms with Crippen LogP contribution in [-0.4, -0.2) is 22.2 Å². The van der Waals surface area contributed by atoms with Gasteiger partial charge in [0.25, 0.3) is 11.6 Å². The van der Waals surface area contributed by atoms with E-state index in [-0.39, 0.29) is 10.7 Å². The third-order valence-electron chi connectivity index (χ3n) is 2.92. The summed E-state index contributed by atoms with van der Waals surface area (Å²) in [6.45, 7) is 0. The highest BCUT2D eigenvalue weighted by Crippen LogP contribution is 2.24. The van der Waals surface area contributed by atoms with E-state index < -0.39 is 16.9 Å². The average Bonchev–Trinajstić information content (AvgIpc) is 2.56. The van der Waals surface area contributed by atoms with E-state index in [9.17, 15) is 20.0 Å². The van der Waals surface area contributed by atoms with Gasteiger partial charge in [0.15, 0.2) is 6.10 Å². The maximum absolute atomic E-state index is 11.8. The summed E-state index contributed by atoms with van der Waals surface area (Å²) < 4.78 is 0. The molecule has 0 aliphatic carbocycles. The lowest BCUT2D eigenvalue weighted by molar-refractivity contribution is -0.384. The topological polar surface area (TPSA) is 105 Å². The fourth-order valence-electron chi connectivity index (χ4n) is 1.77. The summed E-state index contributed by atoms with van der Waals surface area (Å²) in [7, 11) is 0. The van der Waals surface area contributed by atoms with Gasteiger partial charge < -0.3 is 5.11 Å². The zero-order valence-corrected chi connectivity index (χ0v) is 12.5. The SMILES string of the molecule is O=C(N/N=C\c1ccc(Cl)c([N+](=O)[O-])c1)[C@@H](O)c1ccccc1. The molecule has 0 saturated carbocycles. The minimum atomic E-state index is -1.35. The fourth-order valence-corrected chi connectivity index (χ4v) is 1.95. The molecule has 0 unspecified atom stereocenters. The number of nitrogens with zero attached hydrogens (tertiary/aromatic N) is 2. The number of carbonyl (C=O) groups excluding carboxylic acids is 1. The van der Waals surface area contributed by atoms with Gasteiger partial charge in [-0.2, -0.15) is 5.10 Å². The van der Waals surface area contributed by atoms with Crippen LogP contribution in [0.15, 0.2) is 53.6 Å². The van der Waals surface area contributed by atoms with Crippen molar-refractivity contribution < 1.29 is 14.8 Å². The summed E-state index contributed by atoms with van der Waals surface area (Å²) in [5, 5.41) is 24.3. The molecule has 8 heteroatoms. The zero-order valence-electron chi connectivity index (χ0n) is 11.7. The molecule has 0 fully saturated rings. The van der Waals surface area contributed by atoms with Gasteiger partial charge in [-0.1, -0.05) is 48.0 Å². The largest absolute Gasteiger partial charge is 0.378 e. The van der Waals surface area contributed by atoms with Crippen molar-refractivity contribution >= 4 is 29.4 Å². The second-order valence-electron chi connectivity index (χ2n) is 4.52. The molecule has 0 heterocycles. The monoisotopic (exact) mass is 333 g/mol. The smallest absolute Gasteiger partial charge is 0.288 e. The molecule has 1 amide bonds. The third kappa shape index (κ3) is 4.35. The van der Waals surface area contributed by atoms with Crippen LogP contribution in [0.5, 0.6) is 0 Å². The Bertz CT molecular complexity index is 750. The second kappa shape index (κ2) is 7.48. The Kier molecular flexibility index (Phi) is 5.40. The number of carbonyl (C=O) groups is 1. The lowest BCUT2D eigenvalue weighted by Gasteiger charge is -2.08. The number of nitro groups is 1. The van der Waals surface area contributed by atoms with E-state index >= 15 is 0 Å². The molecule has 2 rings (SSSR count). The number of amides is 1. The fraction of sp³-hybridized carbons (Fsp3) is 0.0667. The van der Waals surface area contributed by atoms with Gasteiger partial charge in [0.05, 0.1) is 11.1 Å². The third-order valence-corrected chi connectivity index (χ3v) is 3.24. The predicted molar refractivity (Wildman–Crippen MR) is 85.2 cm³/mol. The zero-order chi connectivity index (χ0) is 16.8. The molecule has 2 N–H and O–H groups in total. The van der Waals surface area contributed by atoms with Gasteiger partial charge in [-0.3, -0.25) is 14.9 Å². The molecule has 0 bridgehead atoms. The van der Waals surface area contributed by atoms with Gasteiger partial charge in [0.2, 0.25) is 0 Å². The number of halogens is 1. The van der Waals surface area contributed by atoms with Gasteiger partial charge in [0.1, 0.15) is 5.02 Å². The molecule has 0 aromatic heterocycles. The molecular weight excluding hydrogens is 322 g/mol. The first kappa shape index (κ1) is 16.6. The first-order valence-corrected chi connectivity index (χ1v) is 6.86. The Morgan fingerprint density at radius 3 is 2.65 bits per heavy atom. The Morgan fingerprint density at radius 2 is 2.00 bits per heavy atom. The molecule has 0 aliphatic rings. The molecule has 7 nitrogen and oxygen atoms in total. The number of rotatable bonds is 5. The summed E-state index contributed by atoms with van der Waals surface area (Å²) in [6.07, 6.45) is -0.133. The van der Waals surface area contributed by atoms with Gasteiger partial charge >= 0.3 is 0 Å². The Hall–Kier alpha value is -2.77. The number of nitrogens with one attached hydrogen (secondary N) is 1. The number of hydrazone groups is 1. The van der Waals surface area contributed by atoms with Gasteiger partial charge in [0, 0.05) is 11.6 Å². The van der Waals surface area contributed by atoms with Crippen LogP contribution in [0.4, 0.5) is 5.69 Å². The van der Waals surface area contributed by atoms with Crippen molar-refractivity contribution in [1.29, 1.82) is 0 Å². The van der Waals surface area contributed by atoms with Crippen molar-refractivity contribution in [2.24, 2.45) is 5.10 Å². The molecule has 2 aromatic carbocycles. The second-order valence-corrected chi connectivity index (χ2v) is 4.92. The van der Waals surface area contributed by atoms with Crippen molar-refractivity contribution in [3.63, 3.8) is 0 Å². The van der Waals surface area contributed by atoms with Crippen LogP contribution in [0.3, 0.4) is 0 Å². The highest BCUT2D eigenvalue weighted by atomic mass is 35.5. The minimum Gasteiger partial charge on any atom is -0.378 e. The van der Waals surface area contributed by atoms with Crippen LogP contribution in [0.25, 0.3) is 0 Å². The van der Waals surface area contributed by atoms with Gasteiger partial charge in [-0.15, -0.1) is 0 Å². The molecule has 1 atom stereocenters. The molecule has 0 radical (unpaired) electrons. The Morgan fingerprint density at radius 1 is 1.30 bits per heavy atom. The predicted octanol–water partition coefficient (Wildman–Crippen LogP) is 2.43. The number of hydrogen-bond acceptors (Lipinski definition) is 5. The molecule has 118 valence electrons. The Labute approximate surface area is 136 Å². The van der Waals surface area contributed by atoms with E-state index in [4.69, 9.17) is 11.6 Å². The number of benzene rings is 2. The standard InChI is InChI=1S/C15H12ClN3O4/c16-12-7-6-10(8-13(12)19(22)23)9-17-18-15(21)14(20)11-4-2-1-3-5-11/h1-9,14,20H,(H,18,21)/b17-9-/t14-/m0/s1. The molecular formula is C15H12ClN3O4. The molecule has 0 spiro atoms. The van der Waals surface area contributed by atoms with Gasteiger partial charge in [-0.25, -0.2) is 5.43 Å². The highest BCUT2D eigenvalue weighted by molar-refractivity contribution is 6.32. The normalized spacial score (nSPS) is 12.1. The summed E-state index contributed by atoms with van der Waals surface area (Å²) in [6, 6.07) is 12.5. The molecule has 2 aromatic rings. The molecule has 23 heavy (non-hydrogen) atoms. The van der Waals surface area contributed by atoms with Crippen LogP contribution in [-0.2, 0) is 4.79 Å². The van der Waals surface area contributed by atoms with Crippen molar-refractivity contribution in [3.05, 3.63) is 74.8 Å². The van der Waals surface area contributed by atoms with Crippen LogP contribution >= 0.6 is 11.6 Å². The highest BCUT2D eigenvalue weighted by Gasteiger charge is 2.16. The number of hydrogen-bond donors (Lipinski definition) is 2. The van der Waals surface area contributed by atoms with Gasteiger partial charge in [-0.05, 0) is 11.6 Å². The van der Waals surface area contributed by atoms with E-state index in [1.165, 1.54) is 24.4 Å². The van der Waals surface area contributed by atoms with Crippen molar-refractivity contribution in [1.82, 2.24) is 5.43 Å². The van der Waals surface area contributed by atoms with Crippen molar-refractivity contribution in [3.8, 4) is 0 Å². The maximum Gasteiger partial charge on any atom is 0.288 e. The number of aliphatic hydroxyl groups is 1. The quantitative estimate of drug-likeness (QED) is 0.498. The first-order valence-electron chi connectivity index (χ1n) is 6.49. The summed E-state index contributed by atoms with van der Waals surface area (Å²) in [4.78, 5) is 21.9. The van der Waals surface area contributed by atoms with Crippen LogP contribution in [0, 0.1) is 10.1 Å². The minimum absolute atomic E-state index is 0.00989. The lowest BCUT2D eigenvalue weighted by Crippen LogP contribution is -2.25. The maximum atomic E-state index is 11.8. The average molecular weight is 334 g/mol. The number of nitro benzene ring substituents is 1. The molecule has 0 aliphatic heterocycles. The van der Waals surface area contributed by atoms with E-state index in [1.54, 1.807) is 30.3 Å².